The molecule has 26 heavy (non-hydrogen) atoms. The van der Waals surface area contributed by atoms with Crippen molar-refractivity contribution >= 4 is 27.5 Å². The number of sulfonamides is 1. The van der Waals surface area contributed by atoms with Crippen LogP contribution in [0.5, 0.6) is 0 Å². The first-order valence-corrected chi connectivity index (χ1v) is 10.1. The second-order valence-electron chi connectivity index (χ2n) is 6.36. The van der Waals surface area contributed by atoms with Gasteiger partial charge in [-0.15, -0.1) is 0 Å². The highest BCUT2D eigenvalue weighted by Crippen LogP contribution is 2.24. The van der Waals surface area contributed by atoms with E-state index in [1.54, 1.807) is 24.0 Å². The first kappa shape index (κ1) is 18.9. The number of aryl methyl sites for hydroxylation is 2. The third-order valence-electron chi connectivity index (χ3n) is 4.75. The van der Waals surface area contributed by atoms with Crippen LogP contribution < -0.4 is 0 Å². The number of nitrogens with zero attached hydrogens (tertiary/aromatic N) is 2. The van der Waals surface area contributed by atoms with E-state index < -0.39 is 10.0 Å². The molecule has 3 rings (SSSR count). The van der Waals surface area contributed by atoms with Crippen LogP contribution >= 0.6 is 11.6 Å². The van der Waals surface area contributed by atoms with Crippen LogP contribution in [0.25, 0.3) is 0 Å². The van der Waals surface area contributed by atoms with E-state index in [0.717, 1.165) is 11.3 Å². The molecule has 6 nitrogen and oxygen atoms in total. The van der Waals surface area contributed by atoms with Crippen LogP contribution in [-0.2, 0) is 10.0 Å². The van der Waals surface area contributed by atoms with Gasteiger partial charge in [-0.3, -0.25) is 4.79 Å². The molecule has 0 spiro atoms. The van der Waals surface area contributed by atoms with Gasteiger partial charge < -0.3 is 9.32 Å². The van der Waals surface area contributed by atoms with Gasteiger partial charge >= 0.3 is 0 Å². The molecule has 1 aromatic carbocycles. The Morgan fingerprint density at radius 1 is 1.00 bits per heavy atom. The summed E-state index contributed by atoms with van der Waals surface area (Å²) in [4.78, 5) is 14.7. The lowest BCUT2D eigenvalue weighted by Crippen LogP contribution is -2.50. The fraction of sp³-hybridized carbons (Fsp3) is 0.389. The molecule has 0 atom stereocenters. The van der Waals surface area contributed by atoms with Gasteiger partial charge in [-0.2, -0.15) is 4.31 Å². The lowest BCUT2D eigenvalue weighted by atomic mass is 10.1. The third kappa shape index (κ3) is 3.39. The molecule has 0 unspecified atom stereocenters. The van der Waals surface area contributed by atoms with Crippen molar-refractivity contribution in [3.05, 3.63) is 51.9 Å². The van der Waals surface area contributed by atoms with Crippen LogP contribution in [0.3, 0.4) is 0 Å². The zero-order valence-corrected chi connectivity index (χ0v) is 16.5. The van der Waals surface area contributed by atoms with Crippen molar-refractivity contribution in [2.24, 2.45) is 0 Å². The molecule has 2 heterocycles. The monoisotopic (exact) mass is 396 g/mol. The van der Waals surface area contributed by atoms with Gasteiger partial charge in [0.1, 0.15) is 11.5 Å². The van der Waals surface area contributed by atoms with Gasteiger partial charge in [-0.25, -0.2) is 8.42 Å². The molecule has 8 heteroatoms. The normalized spacial score (nSPS) is 16.1. The molecule has 0 aliphatic carbocycles. The Hall–Kier alpha value is -1.83. The maximum atomic E-state index is 12.8. The standard InChI is InChI=1S/C18H21ClN2O4S/c1-12-13(2)25-14(3)17(12)18(22)20-8-10-21(11-9-20)26(23,24)16-6-4-15(19)5-7-16/h4-7H,8-11H2,1-3H3. The van der Waals surface area contributed by atoms with Gasteiger partial charge in [0.25, 0.3) is 5.91 Å². The Labute approximate surface area is 158 Å². The fourth-order valence-corrected chi connectivity index (χ4v) is 4.70. The predicted octanol–water partition coefficient (Wildman–Crippen LogP) is 3.00. The van der Waals surface area contributed by atoms with Gasteiger partial charge in [0, 0.05) is 36.8 Å². The minimum Gasteiger partial charge on any atom is -0.466 e. The minimum atomic E-state index is -3.59. The Morgan fingerprint density at radius 2 is 1.58 bits per heavy atom. The first-order valence-electron chi connectivity index (χ1n) is 8.33. The van der Waals surface area contributed by atoms with E-state index in [4.69, 9.17) is 16.0 Å². The van der Waals surface area contributed by atoms with E-state index >= 15 is 0 Å². The average Bonchev–Trinajstić information content (AvgIpc) is 2.87. The summed E-state index contributed by atoms with van der Waals surface area (Å²) in [6.45, 7) is 6.66. The van der Waals surface area contributed by atoms with E-state index in [9.17, 15) is 13.2 Å². The summed E-state index contributed by atoms with van der Waals surface area (Å²) in [5.74, 6) is 1.22. The molecule has 2 aromatic rings. The van der Waals surface area contributed by atoms with Crippen molar-refractivity contribution in [2.45, 2.75) is 25.7 Å². The number of benzene rings is 1. The Balaban J connectivity index is 1.73. The van der Waals surface area contributed by atoms with Crippen LogP contribution in [0, 0.1) is 20.8 Å². The molecule has 1 aliphatic rings. The lowest BCUT2D eigenvalue weighted by molar-refractivity contribution is 0.0695. The average molecular weight is 397 g/mol. The Kier molecular flexibility index (Phi) is 5.14. The number of carbonyl (C=O) groups excluding carboxylic acids is 1. The molecule has 1 fully saturated rings. The van der Waals surface area contributed by atoms with Crippen LogP contribution in [-0.4, -0.2) is 49.7 Å². The number of rotatable bonds is 3. The van der Waals surface area contributed by atoms with E-state index in [0.29, 0.717) is 29.4 Å². The number of furan rings is 1. The van der Waals surface area contributed by atoms with E-state index in [1.807, 2.05) is 13.8 Å². The maximum absolute atomic E-state index is 12.8. The van der Waals surface area contributed by atoms with Gasteiger partial charge in [-0.05, 0) is 45.0 Å². The third-order valence-corrected chi connectivity index (χ3v) is 6.92. The summed E-state index contributed by atoms with van der Waals surface area (Å²) in [6, 6.07) is 6.11. The highest BCUT2D eigenvalue weighted by atomic mass is 35.5. The number of carbonyl (C=O) groups is 1. The SMILES string of the molecule is Cc1oc(C)c(C(=O)N2CCN(S(=O)(=O)c3ccc(Cl)cc3)CC2)c1C. The summed E-state index contributed by atoms with van der Waals surface area (Å²) in [7, 11) is -3.59. The van der Waals surface area contributed by atoms with Crippen molar-refractivity contribution in [1.82, 2.24) is 9.21 Å². The summed E-state index contributed by atoms with van der Waals surface area (Å²) >= 11 is 5.83. The van der Waals surface area contributed by atoms with Crippen LogP contribution in [0.4, 0.5) is 0 Å². The van der Waals surface area contributed by atoms with E-state index in [2.05, 4.69) is 0 Å². The van der Waals surface area contributed by atoms with E-state index in [1.165, 1.54) is 16.4 Å². The van der Waals surface area contributed by atoms with Crippen molar-refractivity contribution < 1.29 is 17.6 Å². The summed E-state index contributed by atoms with van der Waals surface area (Å²) in [6.07, 6.45) is 0. The maximum Gasteiger partial charge on any atom is 0.257 e. The molecule has 0 bridgehead atoms. The first-order chi connectivity index (χ1) is 12.2. The quantitative estimate of drug-likeness (QED) is 0.799. The van der Waals surface area contributed by atoms with Crippen LogP contribution in [0.15, 0.2) is 33.6 Å². The molecule has 1 saturated heterocycles. The van der Waals surface area contributed by atoms with Crippen molar-refractivity contribution in [3.8, 4) is 0 Å². The summed E-state index contributed by atoms with van der Waals surface area (Å²) < 4.78 is 32.4. The van der Waals surface area contributed by atoms with Crippen LogP contribution in [0.1, 0.15) is 27.4 Å². The number of piperazine rings is 1. The van der Waals surface area contributed by atoms with Crippen molar-refractivity contribution in [1.29, 1.82) is 0 Å². The topological polar surface area (TPSA) is 70.8 Å². The van der Waals surface area contributed by atoms with Gasteiger partial charge in [0.2, 0.25) is 10.0 Å². The van der Waals surface area contributed by atoms with E-state index in [-0.39, 0.29) is 23.9 Å². The molecular weight excluding hydrogens is 376 g/mol. The van der Waals surface area contributed by atoms with Gasteiger partial charge in [-0.1, -0.05) is 11.6 Å². The largest absolute Gasteiger partial charge is 0.466 e. The van der Waals surface area contributed by atoms with Crippen molar-refractivity contribution in [2.75, 3.05) is 26.2 Å². The highest BCUT2D eigenvalue weighted by Gasteiger charge is 2.32. The summed E-state index contributed by atoms with van der Waals surface area (Å²) in [5.41, 5.74) is 1.42. The fourth-order valence-electron chi connectivity index (χ4n) is 3.15. The number of amides is 1. The molecule has 0 radical (unpaired) electrons. The minimum absolute atomic E-state index is 0.111. The van der Waals surface area contributed by atoms with Gasteiger partial charge in [0.15, 0.2) is 0 Å². The van der Waals surface area contributed by atoms with Crippen LogP contribution in [0.2, 0.25) is 5.02 Å². The molecule has 1 amide bonds. The molecule has 0 N–H and O–H groups in total. The smallest absolute Gasteiger partial charge is 0.257 e. The zero-order chi connectivity index (χ0) is 19.1. The Bertz CT molecular complexity index is 927. The van der Waals surface area contributed by atoms with Gasteiger partial charge in [0.05, 0.1) is 10.5 Å². The van der Waals surface area contributed by atoms with Crippen molar-refractivity contribution in [3.63, 3.8) is 0 Å². The summed E-state index contributed by atoms with van der Waals surface area (Å²) in [5, 5.41) is 0.487. The number of hydrogen-bond donors (Lipinski definition) is 0. The lowest BCUT2D eigenvalue weighted by Gasteiger charge is -2.34. The number of halogens is 1. The number of hydrogen-bond acceptors (Lipinski definition) is 4. The predicted molar refractivity (Wildman–Crippen MR) is 99.0 cm³/mol. The molecule has 1 aliphatic heterocycles. The molecule has 140 valence electrons. The molecule has 1 aromatic heterocycles. The molecular formula is C18H21ClN2O4S. The zero-order valence-electron chi connectivity index (χ0n) is 15.0. The second-order valence-corrected chi connectivity index (χ2v) is 8.74. The molecule has 0 saturated carbocycles. The Morgan fingerprint density at radius 3 is 2.08 bits per heavy atom. The highest BCUT2D eigenvalue weighted by molar-refractivity contribution is 7.89. The second kappa shape index (κ2) is 7.06.